The number of aromatic hydroxyl groups is 1. The Labute approximate surface area is 188 Å². The molecule has 0 heterocycles. The highest BCUT2D eigenvalue weighted by atomic mass is 35.5. The largest absolute Gasteiger partial charge is 0.508 e. The van der Waals surface area contributed by atoms with E-state index in [4.69, 9.17) is 11.6 Å². The third-order valence-electron chi connectivity index (χ3n) is 4.43. The summed E-state index contributed by atoms with van der Waals surface area (Å²) in [7, 11) is 0. The van der Waals surface area contributed by atoms with Crippen LogP contribution in [0.25, 0.3) is 6.08 Å². The summed E-state index contributed by atoms with van der Waals surface area (Å²) in [5.74, 6) is 0.924. The number of carbonyl (C=O) groups excluding carboxylic acids is 1. The quantitative estimate of drug-likeness (QED) is 0.260. The zero-order valence-corrected chi connectivity index (χ0v) is 19.8. The molecule has 2 aromatic rings. The van der Waals surface area contributed by atoms with E-state index in [1.54, 1.807) is 18.2 Å². The van der Waals surface area contributed by atoms with Crippen LogP contribution in [0.2, 0.25) is 0 Å². The van der Waals surface area contributed by atoms with Gasteiger partial charge in [-0.05, 0) is 79.5 Å². The molecule has 2 nitrogen and oxygen atoms in total. The van der Waals surface area contributed by atoms with Crippen LogP contribution in [0.1, 0.15) is 77.3 Å². The highest BCUT2D eigenvalue weighted by Gasteiger charge is 2.05. The first kappa shape index (κ1) is 27.7. The minimum atomic E-state index is -0.450. The van der Waals surface area contributed by atoms with Crippen molar-refractivity contribution in [3.05, 3.63) is 83.4 Å². The first-order chi connectivity index (χ1) is 14.4. The molecule has 0 amide bonds. The molecule has 0 spiro atoms. The second-order valence-electron chi connectivity index (χ2n) is 6.89. The molecule has 0 saturated heterocycles. The van der Waals surface area contributed by atoms with Gasteiger partial charge in [-0.25, -0.2) is 0 Å². The normalized spacial score (nSPS) is 11.7. The lowest BCUT2D eigenvalue weighted by atomic mass is 9.94. The number of phenols is 1. The number of phenolic OH excluding ortho intramolecular Hbond substituents is 1. The molecule has 1 N–H and O–H groups in total. The molecular formula is C27H37ClO2. The number of allylic oxidation sites excluding steroid dienone is 3. The highest BCUT2D eigenvalue weighted by molar-refractivity contribution is 6.66. The maximum Gasteiger partial charge on any atom is 0.245 e. The number of hydrogen-bond donors (Lipinski definition) is 1. The number of halogens is 1. The average molecular weight is 429 g/mol. The predicted octanol–water partition coefficient (Wildman–Crippen LogP) is 8.51. The van der Waals surface area contributed by atoms with E-state index in [9.17, 15) is 9.90 Å². The van der Waals surface area contributed by atoms with Crippen molar-refractivity contribution in [2.45, 2.75) is 66.2 Å². The van der Waals surface area contributed by atoms with E-state index in [1.807, 2.05) is 56.3 Å². The van der Waals surface area contributed by atoms with Crippen molar-refractivity contribution in [1.82, 2.24) is 0 Å². The van der Waals surface area contributed by atoms with Crippen molar-refractivity contribution in [1.29, 1.82) is 0 Å². The Balaban J connectivity index is 0.000000557. The number of benzene rings is 2. The second-order valence-corrected chi connectivity index (χ2v) is 7.26. The minimum Gasteiger partial charge on any atom is -0.508 e. The van der Waals surface area contributed by atoms with Crippen LogP contribution in [0.3, 0.4) is 0 Å². The Morgan fingerprint density at radius 3 is 2.20 bits per heavy atom. The number of carbonyl (C=O) groups is 1. The van der Waals surface area contributed by atoms with Crippen molar-refractivity contribution in [3.63, 3.8) is 0 Å². The lowest BCUT2D eigenvalue weighted by molar-refractivity contribution is -0.107. The molecule has 164 valence electrons. The zero-order valence-electron chi connectivity index (χ0n) is 19.1. The maximum absolute atomic E-state index is 10.3. The third kappa shape index (κ3) is 13.8. The summed E-state index contributed by atoms with van der Waals surface area (Å²) in [5.41, 5.74) is 3.80. The molecule has 0 radical (unpaired) electrons. The molecule has 2 aromatic carbocycles. The van der Waals surface area contributed by atoms with Crippen molar-refractivity contribution in [3.8, 4) is 5.75 Å². The van der Waals surface area contributed by atoms with Gasteiger partial charge in [0.2, 0.25) is 5.24 Å². The van der Waals surface area contributed by atoms with E-state index < -0.39 is 5.24 Å². The molecule has 0 aromatic heterocycles. The van der Waals surface area contributed by atoms with Crippen LogP contribution in [-0.2, 0) is 4.79 Å². The van der Waals surface area contributed by atoms with Gasteiger partial charge in [0.25, 0.3) is 0 Å². The monoisotopic (exact) mass is 428 g/mol. The SMILES string of the molecule is CC.CC/C=C(\C)CCCC(C)c1ccc(O)cc1.O=C(Cl)/C=C/c1ccccc1. The summed E-state index contributed by atoms with van der Waals surface area (Å²) in [6.07, 6.45) is 10.1. The van der Waals surface area contributed by atoms with Gasteiger partial charge in [-0.15, -0.1) is 0 Å². The van der Waals surface area contributed by atoms with E-state index in [2.05, 4.69) is 26.8 Å². The Morgan fingerprint density at radius 2 is 1.67 bits per heavy atom. The summed E-state index contributed by atoms with van der Waals surface area (Å²) in [4.78, 5) is 10.3. The Morgan fingerprint density at radius 1 is 1.07 bits per heavy atom. The smallest absolute Gasteiger partial charge is 0.245 e. The van der Waals surface area contributed by atoms with Crippen molar-refractivity contribution in [2.75, 3.05) is 0 Å². The van der Waals surface area contributed by atoms with Gasteiger partial charge >= 0.3 is 0 Å². The molecule has 0 fully saturated rings. The van der Waals surface area contributed by atoms with Crippen LogP contribution in [0.15, 0.2) is 72.3 Å². The standard InChI is InChI=1S/C16H24O.C9H7ClO.C2H6/c1-4-6-13(2)7-5-8-14(3)15-9-11-16(17)12-10-15;10-9(11)7-6-8-4-2-1-3-5-8;1-2/h6,9-12,14,17H,4-5,7-8H2,1-3H3;1-7H;1-2H3/b13-6+;7-6+;. The van der Waals surface area contributed by atoms with E-state index in [-0.39, 0.29) is 0 Å². The lowest BCUT2D eigenvalue weighted by Crippen LogP contribution is -1.93. The van der Waals surface area contributed by atoms with Crippen molar-refractivity contribution >= 4 is 22.9 Å². The van der Waals surface area contributed by atoms with E-state index in [0.29, 0.717) is 11.7 Å². The average Bonchev–Trinajstić information content (AvgIpc) is 2.75. The van der Waals surface area contributed by atoms with Gasteiger partial charge in [0.05, 0.1) is 0 Å². The van der Waals surface area contributed by atoms with Crippen molar-refractivity contribution in [2.24, 2.45) is 0 Å². The molecule has 0 saturated carbocycles. The van der Waals surface area contributed by atoms with Crippen LogP contribution >= 0.6 is 11.6 Å². The Kier molecular flexibility index (Phi) is 16.2. The summed E-state index contributed by atoms with van der Waals surface area (Å²) in [5, 5.41) is 8.79. The molecule has 0 bridgehead atoms. The van der Waals surface area contributed by atoms with Gasteiger partial charge in [-0.2, -0.15) is 0 Å². The van der Waals surface area contributed by atoms with Crippen LogP contribution in [0.4, 0.5) is 0 Å². The van der Waals surface area contributed by atoms with Gasteiger partial charge in [0.15, 0.2) is 0 Å². The van der Waals surface area contributed by atoms with Crippen LogP contribution in [-0.4, -0.2) is 10.3 Å². The number of hydrogen-bond acceptors (Lipinski definition) is 2. The van der Waals surface area contributed by atoms with Gasteiger partial charge in [-0.3, -0.25) is 4.79 Å². The molecular weight excluding hydrogens is 392 g/mol. The topological polar surface area (TPSA) is 37.3 Å². The molecule has 0 aliphatic heterocycles. The fourth-order valence-corrected chi connectivity index (χ4v) is 2.90. The lowest BCUT2D eigenvalue weighted by Gasteiger charge is -2.12. The molecule has 1 atom stereocenters. The van der Waals surface area contributed by atoms with Gasteiger partial charge < -0.3 is 5.11 Å². The molecule has 3 heteroatoms. The highest BCUT2D eigenvalue weighted by Crippen LogP contribution is 2.24. The predicted molar refractivity (Wildman–Crippen MR) is 132 cm³/mol. The Hall–Kier alpha value is -2.32. The molecule has 0 aliphatic rings. The van der Waals surface area contributed by atoms with E-state index >= 15 is 0 Å². The molecule has 30 heavy (non-hydrogen) atoms. The number of rotatable bonds is 8. The Bertz CT molecular complexity index is 746. The third-order valence-corrected chi connectivity index (χ3v) is 4.56. The molecule has 2 rings (SSSR count). The summed E-state index contributed by atoms with van der Waals surface area (Å²) in [6, 6.07) is 17.1. The minimum absolute atomic E-state index is 0.350. The van der Waals surface area contributed by atoms with Crippen LogP contribution in [0.5, 0.6) is 5.75 Å². The van der Waals surface area contributed by atoms with Gasteiger partial charge in [0.1, 0.15) is 5.75 Å². The fraction of sp³-hybridized carbons (Fsp3) is 0.370. The summed E-state index contributed by atoms with van der Waals surface area (Å²) < 4.78 is 0. The van der Waals surface area contributed by atoms with Crippen LogP contribution < -0.4 is 0 Å². The maximum atomic E-state index is 10.3. The first-order valence-corrected chi connectivity index (χ1v) is 11.2. The van der Waals surface area contributed by atoms with Gasteiger partial charge in [0, 0.05) is 0 Å². The summed E-state index contributed by atoms with van der Waals surface area (Å²) >= 11 is 5.10. The van der Waals surface area contributed by atoms with E-state index in [1.165, 1.54) is 36.5 Å². The zero-order chi connectivity index (χ0) is 22.8. The molecule has 0 aliphatic carbocycles. The summed E-state index contributed by atoms with van der Waals surface area (Å²) in [6.45, 7) is 10.7. The van der Waals surface area contributed by atoms with Crippen LogP contribution in [0, 0.1) is 0 Å². The fourth-order valence-electron chi connectivity index (χ4n) is 2.83. The van der Waals surface area contributed by atoms with Crippen molar-refractivity contribution < 1.29 is 9.90 Å². The van der Waals surface area contributed by atoms with Gasteiger partial charge in [-0.1, -0.05) is 87.9 Å². The first-order valence-electron chi connectivity index (χ1n) is 10.8. The molecule has 1 unspecified atom stereocenters. The second kappa shape index (κ2) is 17.5. The van der Waals surface area contributed by atoms with E-state index in [0.717, 1.165) is 12.0 Å².